The summed E-state index contributed by atoms with van der Waals surface area (Å²) in [6.45, 7) is 12.6. The second-order valence-corrected chi connectivity index (χ2v) is 13.3. The number of carbonyl (C=O) groups is 2. The lowest BCUT2D eigenvalue weighted by Gasteiger charge is -2.52. The molecule has 1 spiro atoms. The van der Waals surface area contributed by atoms with E-state index in [9.17, 15) is 30.0 Å². The van der Waals surface area contributed by atoms with Crippen LogP contribution >= 0.6 is 0 Å². The lowest BCUT2D eigenvalue weighted by Crippen LogP contribution is -2.67. The minimum atomic E-state index is -2.24. The first-order valence-corrected chi connectivity index (χ1v) is 15.2. The largest absolute Gasteiger partial charge is 0.458 e. The van der Waals surface area contributed by atoms with Gasteiger partial charge in [-0.2, -0.15) is 0 Å². The van der Waals surface area contributed by atoms with E-state index in [0.29, 0.717) is 42.7 Å². The maximum Gasteiger partial charge on any atom is 0.344 e. The molecule has 1 aromatic heterocycles. The Kier molecular flexibility index (Phi) is 7.57. The van der Waals surface area contributed by atoms with Gasteiger partial charge in [0.1, 0.15) is 22.9 Å². The van der Waals surface area contributed by atoms with E-state index in [4.69, 9.17) is 14.0 Å². The van der Waals surface area contributed by atoms with E-state index in [0.717, 1.165) is 0 Å². The molecule has 4 N–H and O–H groups in total. The Hall–Kier alpha value is -2.53. The summed E-state index contributed by atoms with van der Waals surface area (Å²) in [6, 6.07) is 0. The first-order chi connectivity index (χ1) is 19.7. The average Bonchev–Trinajstić information content (AvgIpc) is 3.20. The first kappa shape index (κ1) is 30.9. The highest BCUT2D eigenvalue weighted by Gasteiger charge is 2.83. The van der Waals surface area contributed by atoms with Crippen LogP contribution in [-0.4, -0.2) is 73.6 Å². The molecule has 0 radical (unpaired) electrons. The molecule has 1 aromatic rings. The van der Waals surface area contributed by atoms with Crippen LogP contribution in [-0.2, 0) is 27.1 Å². The number of nitrogens with zero attached hydrogens (tertiary/aromatic N) is 1. The zero-order valence-electron chi connectivity index (χ0n) is 25.6. The molecule has 0 aliphatic heterocycles. The number of aliphatic hydroxyl groups is 4. The van der Waals surface area contributed by atoms with E-state index in [1.54, 1.807) is 19.1 Å². The van der Waals surface area contributed by atoms with Crippen molar-refractivity contribution in [1.29, 1.82) is 0 Å². The van der Waals surface area contributed by atoms with E-state index in [1.165, 1.54) is 0 Å². The Morgan fingerprint density at radius 3 is 2.45 bits per heavy atom. The van der Waals surface area contributed by atoms with Crippen molar-refractivity contribution < 1.29 is 44.0 Å². The van der Waals surface area contributed by atoms with Gasteiger partial charge in [-0.25, -0.2) is 4.79 Å². The summed E-state index contributed by atoms with van der Waals surface area (Å²) in [5.74, 6) is -2.24. The number of carbonyl (C=O) groups excluding carboxylic acids is 2. The van der Waals surface area contributed by atoms with Crippen LogP contribution in [0, 0.1) is 28.6 Å². The Bertz CT molecular complexity index is 1310. The number of fused-ring (bicyclic) bond motifs is 3. The molecule has 2 fully saturated rings. The molecule has 4 aliphatic carbocycles. The van der Waals surface area contributed by atoms with Gasteiger partial charge in [0.2, 0.25) is 0 Å². The standard InChI is InChI=1S/C32H45NO9/c1-8-11-22(35)41-31-14-17(5)30-13-16(4)27(40-28(38)23-20(9-2)33-42-21(23)10-3)32(30,39)25(36)18(15-34)12-19(26(30)37)24(31)29(31,6)7/h12-13,17,19,24-27,34,36-37,39H,8-11,14-15H2,1-7H3/t17-,19+,24-,25-,26?,27+,30+,31+,32+/m1/s1. The number of rotatable bonds is 8. The molecule has 1 unspecified atom stereocenters. The van der Waals surface area contributed by atoms with Crippen LogP contribution in [0.3, 0.4) is 0 Å². The minimum Gasteiger partial charge on any atom is -0.458 e. The summed E-state index contributed by atoms with van der Waals surface area (Å²) >= 11 is 0. The Balaban J connectivity index is 1.64. The minimum absolute atomic E-state index is 0.117. The lowest BCUT2D eigenvalue weighted by atomic mass is 9.58. The fourth-order valence-electron chi connectivity index (χ4n) is 8.90. The first-order valence-electron chi connectivity index (χ1n) is 15.2. The Labute approximate surface area is 246 Å². The topological polar surface area (TPSA) is 160 Å². The highest BCUT2D eigenvalue weighted by atomic mass is 16.6. The summed E-state index contributed by atoms with van der Waals surface area (Å²) in [7, 11) is 0. The van der Waals surface area contributed by atoms with Gasteiger partial charge in [-0.15, -0.1) is 0 Å². The summed E-state index contributed by atoms with van der Waals surface area (Å²) < 4.78 is 17.7. The fourth-order valence-corrected chi connectivity index (χ4v) is 8.90. The van der Waals surface area contributed by atoms with Crippen molar-refractivity contribution in [1.82, 2.24) is 5.16 Å². The van der Waals surface area contributed by atoms with Gasteiger partial charge >= 0.3 is 11.9 Å². The van der Waals surface area contributed by atoms with Gasteiger partial charge in [0.25, 0.3) is 0 Å². The van der Waals surface area contributed by atoms with E-state index in [1.807, 2.05) is 41.5 Å². The predicted molar refractivity (Wildman–Crippen MR) is 151 cm³/mol. The van der Waals surface area contributed by atoms with E-state index in [2.05, 4.69) is 5.16 Å². The number of aryl methyl sites for hydroxylation is 2. The molecule has 9 atom stereocenters. The zero-order chi connectivity index (χ0) is 31.0. The van der Waals surface area contributed by atoms with Crippen LogP contribution in [0.4, 0.5) is 0 Å². The van der Waals surface area contributed by atoms with Crippen molar-refractivity contribution in [3.05, 3.63) is 40.3 Å². The zero-order valence-corrected chi connectivity index (χ0v) is 25.6. The summed E-state index contributed by atoms with van der Waals surface area (Å²) in [6.07, 6.45) is 1.15. The molecule has 1 heterocycles. The predicted octanol–water partition coefficient (Wildman–Crippen LogP) is 3.05. The third-order valence-electron chi connectivity index (χ3n) is 11.0. The molecule has 0 saturated heterocycles. The molecular formula is C32H45NO9. The quantitative estimate of drug-likeness (QED) is 0.263. The molecule has 4 aliphatic rings. The second-order valence-electron chi connectivity index (χ2n) is 13.3. The van der Waals surface area contributed by atoms with Crippen LogP contribution in [0.25, 0.3) is 0 Å². The number of hydrogen-bond acceptors (Lipinski definition) is 10. The highest BCUT2D eigenvalue weighted by Crippen LogP contribution is 2.76. The Morgan fingerprint density at radius 1 is 1.17 bits per heavy atom. The van der Waals surface area contributed by atoms with Crippen molar-refractivity contribution in [3.63, 3.8) is 0 Å². The smallest absolute Gasteiger partial charge is 0.344 e. The molecule has 0 amide bonds. The van der Waals surface area contributed by atoms with Crippen molar-refractivity contribution >= 4 is 11.9 Å². The molecule has 5 rings (SSSR count). The number of aromatic nitrogens is 1. The number of hydrogen-bond donors (Lipinski definition) is 4. The van der Waals surface area contributed by atoms with Crippen molar-refractivity contribution in [2.24, 2.45) is 28.6 Å². The number of ether oxygens (including phenoxy) is 2. The van der Waals surface area contributed by atoms with Gasteiger partial charge in [-0.3, -0.25) is 4.79 Å². The van der Waals surface area contributed by atoms with Gasteiger partial charge < -0.3 is 34.4 Å². The van der Waals surface area contributed by atoms with Crippen molar-refractivity contribution in [2.75, 3.05) is 6.61 Å². The van der Waals surface area contributed by atoms with Crippen LogP contribution in [0.5, 0.6) is 0 Å². The van der Waals surface area contributed by atoms with Crippen LogP contribution in [0.2, 0.25) is 0 Å². The summed E-state index contributed by atoms with van der Waals surface area (Å²) in [5, 5.41) is 51.4. The van der Waals surface area contributed by atoms with E-state index < -0.39 is 64.8 Å². The maximum atomic E-state index is 13.7. The van der Waals surface area contributed by atoms with Gasteiger partial charge in [-0.1, -0.05) is 58.9 Å². The van der Waals surface area contributed by atoms with E-state index >= 15 is 0 Å². The molecule has 0 aromatic carbocycles. The fraction of sp³-hybridized carbons (Fsp3) is 0.719. The average molecular weight is 588 g/mol. The third kappa shape index (κ3) is 3.80. The second kappa shape index (κ2) is 10.3. The molecule has 10 nitrogen and oxygen atoms in total. The van der Waals surface area contributed by atoms with Crippen LogP contribution < -0.4 is 0 Å². The monoisotopic (exact) mass is 587 g/mol. The summed E-state index contributed by atoms with van der Waals surface area (Å²) in [5.41, 5.74) is -3.96. The number of aliphatic hydroxyl groups excluding tert-OH is 3. The lowest BCUT2D eigenvalue weighted by molar-refractivity contribution is -0.217. The SMILES string of the molecule is CCCC(=O)O[C@@]12C[C@@H](C)[C@]34C=C(C)[C@H](OC(=O)c5c(CC)noc5CC)[C@@]3(O)[C@H](O)C(CO)=C[C@H](C4O)[C@@H]1C2(C)C. The van der Waals surface area contributed by atoms with Crippen molar-refractivity contribution in [3.8, 4) is 0 Å². The summed E-state index contributed by atoms with van der Waals surface area (Å²) in [4.78, 5) is 26.6. The molecule has 42 heavy (non-hydrogen) atoms. The van der Waals surface area contributed by atoms with Crippen molar-refractivity contribution in [2.45, 2.75) is 110 Å². The van der Waals surface area contributed by atoms with Gasteiger partial charge in [0.15, 0.2) is 11.9 Å². The van der Waals surface area contributed by atoms with Gasteiger partial charge in [0.05, 0.1) is 23.8 Å². The highest BCUT2D eigenvalue weighted by molar-refractivity contribution is 5.92. The molecule has 2 saturated carbocycles. The maximum absolute atomic E-state index is 13.7. The van der Waals surface area contributed by atoms with Crippen LogP contribution in [0.15, 0.2) is 27.8 Å². The third-order valence-corrected chi connectivity index (χ3v) is 11.0. The molecule has 232 valence electrons. The normalized spacial score (nSPS) is 39.7. The van der Waals surface area contributed by atoms with E-state index in [-0.39, 0.29) is 29.4 Å². The molecule has 10 heteroatoms. The van der Waals surface area contributed by atoms with Gasteiger partial charge in [-0.05, 0) is 43.3 Å². The Morgan fingerprint density at radius 2 is 1.86 bits per heavy atom. The van der Waals surface area contributed by atoms with Crippen LogP contribution in [0.1, 0.15) is 89.5 Å². The number of esters is 2. The molecular weight excluding hydrogens is 542 g/mol. The molecule has 2 bridgehead atoms. The van der Waals surface area contributed by atoms with Gasteiger partial charge in [0, 0.05) is 30.1 Å².